The molecule has 7 nitrogen and oxygen atoms in total. The van der Waals surface area contributed by atoms with E-state index in [1.807, 2.05) is 6.92 Å². The van der Waals surface area contributed by atoms with E-state index in [2.05, 4.69) is 0 Å². The van der Waals surface area contributed by atoms with Gasteiger partial charge in [-0.25, -0.2) is 17.5 Å². The zero-order valence-corrected chi connectivity index (χ0v) is 19.7. The number of amides is 1. The van der Waals surface area contributed by atoms with Gasteiger partial charge in [0.25, 0.3) is 10.0 Å². The Kier molecular flexibility index (Phi) is 6.74. The minimum absolute atomic E-state index is 0.0529. The van der Waals surface area contributed by atoms with Gasteiger partial charge in [-0.1, -0.05) is 24.6 Å². The van der Waals surface area contributed by atoms with Gasteiger partial charge in [-0.15, -0.1) is 0 Å². The molecule has 0 saturated heterocycles. The summed E-state index contributed by atoms with van der Waals surface area (Å²) in [6.07, 6.45) is 0.538. The number of furan rings is 1. The van der Waals surface area contributed by atoms with Crippen molar-refractivity contribution in [2.75, 3.05) is 10.9 Å². The van der Waals surface area contributed by atoms with E-state index < -0.39 is 21.9 Å². The fourth-order valence-corrected chi connectivity index (χ4v) is 5.36. The van der Waals surface area contributed by atoms with Crippen LogP contribution in [0.2, 0.25) is 0 Å². The van der Waals surface area contributed by atoms with E-state index in [1.165, 1.54) is 18.2 Å². The number of rotatable bonds is 7. The van der Waals surface area contributed by atoms with Gasteiger partial charge in [-0.3, -0.25) is 4.79 Å². The molecule has 170 valence electrons. The zero-order valence-electron chi connectivity index (χ0n) is 18.9. The van der Waals surface area contributed by atoms with Gasteiger partial charge in [0.2, 0.25) is 5.91 Å². The maximum absolute atomic E-state index is 13.6. The second kappa shape index (κ2) is 9.16. The molecule has 0 spiro atoms. The monoisotopic (exact) mass is 457 g/mol. The maximum Gasteiger partial charge on any atom is 0.342 e. The number of esters is 1. The van der Waals surface area contributed by atoms with Crippen molar-refractivity contribution < 1.29 is 27.2 Å². The molecule has 0 radical (unpaired) electrons. The molecule has 0 fully saturated rings. The Balaban J connectivity index is 2.23. The standard InChI is InChI=1S/C24H27NO6S/c1-6-8-22(26)25(32(28,29)21-12-9-15(3)13-16(21)4)18-10-11-20-19(14-18)23(17(5)31-20)24(27)30-7-2/h9-14H,6-8H2,1-5H3. The maximum atomic E-state index is 13.6. The van der Waals surface area contributed by atoms with Crippen molar-refractivity contribution in [1.29, 1.82) is 0 Å². The number of aryl methyl sites for hydroxylation is 3. The van der Waals surface area contributed by atoms with Gasteiger partial charge in [-0.05, 0) is 63.9 Å². The van der Waals surface area contributed by atoms with Gasteiger partial charge in [0, 0.05) is 11.8 Å². The average Bonchev–Trinajstić information content (AvgIpc) is 3.03. The number of nitrogens with zero attached hydrogens (tertiary/aromatic N) is 1. The first kappa shape index (κ1) is 23.5. The number of sulfonamides is 1. The number of anilines is 1. The Morgan fingerprint density at radius 1 is 1.03 bits per heavy atom. The Morgan fingerprint density at radius 3 is 2.38 bits per heavy atom. The summed E-state index contributed by atoms with van der Waals surface area (Å²) < 4.78 is 38.9. The first-order chi connectivity index (χ1) is 15.1. The number of hydrogen-bond donors (Lipinski definition) is 0. The van der Waals surface area contributed by atoms with Crippen LogP contribution in [-0.4, -0.2) is 26.9 Å². The van der Waals surface area contributed by atoms with E-state index in [0.29, 0.717) is 28.7 Å². The molecule has 0 saturated carbocycles. The first-order valence-corrected chi connectivity index (χ1v) is 11.9. The van der Waals surface area contributed by atoms with Gasteiger partial charge >= 0.3 is 5.97 Å². The molecule has 32 heavy (non-hydrogen) atoms. The number of ether oxygens (including phenoxy) is 1. The lowest BCUT2D eigenvalue weighted by molar-refractivity contribution is -0.117. The number of benzene rings is 2. The highest BCUT2D eigenvalue weighted by Crippen LogP contribution is 2.33. The highest BCUT2D eigenvalue weighted by Gasteiger charge is 2.32. The molecule has 0 N–H and O–H groups in total. The summed E-state index contributed by atoms with van der Waals surface area (Å²) in [5.41, 5.74) is 2.23. The van der Waals surface area contributed by atoms with Crippen LogP contribution in [0.1, 0.15) is 53.9 Å². The molecule has 1 heterocycles. The predicted molar refractivity (Wildman–Crippen MR) is 122 cm³/mol. The first-order valence-electron chi connectivity index (χ1n) is 10.5. The van der Waals surface area contributed by atoms with Crippen LogP contribution in [0, 0.1) is 20.8 Å². The van der Waals surface area contributed by atoms with E-state index in [1.54, 1.807) is 45.9 Å². The molecule has 0 aliphatic heterocycles. The summed E-state index contributed by atoms with van der Waals surface area (Å²) in [7, 11) is -4.19. The van der Waals surface area contributed by atoms with E-state index in [4.69, 9.17) is 9.15 Å². The molecule has 0 aliphatic carbocycles. The third-order valence-corrected chi connectivity index (χ3v) is 7.01. The van der Waals surface area contributed by atoms with Gasteiger partial charge in [-0.2, -0.15) is 0 Å². The summed E-state index contributed by atoms with van der Waals surface area (Å²) in [6, 6.07) is 9.53. The Hall–Kier alpha value is -3.13. The zero-order chi connectivity index (χ0) is 23.6. The number of carbonyl (C=O) groups excluding carboxylic acids is 2. The highest BCUT2D eigenvalue weighted by atomic mass is 32.2. The van der Waals surface area contributed by atoms with Crippen LogP contribution < -0.4 is 4.31 Å². The van der Waals surface area contributed by atoms with E-state index in [9.17, 15) is 18.0 Å². The van der Waals surface area contributed by atoms with Gasteiger partial charge in [0.15, 0.2) is 0 Å². The summed E-state index contributed by atoms with van der Waals surface area (Å²) in [6.45, 7) is 8.90. The van der Waals surface area contributed by atoms with Crippen molar-refractivity contribution in [3.8, 4) is 0 Å². The summed E-state index contributed by atoms with van der Waals surface area (Å²) in [4.78, 5) is 25.6. The van der Waals surface area contributed by atoms with Crippen molar-refractivity contribution in [2.45, 2.75) is 52.4 Å². The van der Waals surface area contributed by atoms with Crippen LogP contribution in [0.5, 0.6) is 0 Å². The molecular weight excluding hydrogens is 430 g/mol. The minimum atomic E-state index is -4.19. The van der Waals surface area contributed by atoms with Gasteiger partial charge < -0.3 is 9.15 Å². The lowest BCUT2D eigenvalue weighted by atomic mass is 10.1. The predicted octanol–water partition coefficient (Wildman–Crippen LogP) is 5.06. The third-order valence-electron chi connectivity index (χ3n) is 5.10. The molecule has 0 atom stereocenters. The lowest BCUT2D eigenvalue weighted by Gasteiger charge is -2.23. The third kappa shape index (κ3) is 4.27. The molecular formula is C24H27NO6S. The smallest absolute Gasteiger partial charge is 0.342 e. The van der Waals surface area contributed by atoms with Gasteiger partial charge in [0.1, 0.15) is 16.9 Å². The molecule has 3 aromatic rings. The van der Waals surface area contributed by atoms with Crippen molar-refractivity contribution in [2.24, 2.45) is 0 Å². The summed E-state index contributed by atoms with van der Waals surface area (Å²) in [5, 5.41) is 0.392. The molecule has 2 aromatic carbocycles. The Bertz CT molecular complexity index is 1290. The van der Waals surface area contributed by atoms with E-state index in [-0.39, 0.29) is 29.2 Å². The van der Waals surface area contributed by atoms with Crippen LogP contribution in [0.4, 0.5) is 5.69 Å². The largest absolute Gasteiger partial charge is 0.462 e. The topological polar surface area (TPSA) is 93.9 Å². The summed E-state index contributed by atoms with van der Waals surface area (Å²) >= 11 is 0. The molecule has 0 unspecified atom stereocenters. The molecule has 1 amide bonds. The van der Waals surface area contributed by atoms with Crippen molar-refractivity contribution in [3.63, 3.8) is 0 Å². The second-order valence-electron chi connectivity index (χ2n) is 7.62. The van der Waals surface area contributed by atoms with E-state index in [0.717, 1.165) is 9.87 Å². The van der Waals surface area contributed by atoms with E-state index >= 15 is 0 Å². The number of fused-ring (bicyclic) bond motifs is 1. The molecule has 0 bridgehead atoms. The van der Waals surface area contributed by atoms with Crippen LogP contribution >= 0.6 is 0 Å². The minimum Gasteiger partial charge on any atom is -0.462 e. The molecule has 8 heteroatoms. The number of hydrogen-bond acceptors (Lipinski definition) is 6. The molecule has 3 rings (SSSR count). The highest BCUT2D eigenvalue weighted by molar-refractivity contribution is 7.93. The Morgan fingerprint density at radius 2 is 1.75 bits per heavy atom. The Labute approximate surface area is 188 Å². The van der Waals surface area contributed by atoms with Gasteiger partial charge in [0.05, 0.1) is 17.2 Å². The van der Waals surface area contributed by atoms with Crippen LogP contribution in [0.15, 0.2) is 45.7 Å². The van der Waals surface area contributed by atoms with Crippen molar-refractivity contribution >= 4 is 38.6 Å². The molecule has 1 aromatic heterocycles. The number of carbonyl (C=O) groups is 2. The van der Waals surface area contributed by atoms with Crippen molar-refractivity contribution in [3.05, 3.63) is 58.8 Å². The van der Waals surface area contributed by atoms with Crippen LogP contribution in [0.25, 0.3) is 11.0 Å². The molecule has 0 aliphatic rings. The fourth-order valence-electron chi connectivity index (χ4n) is 3.71. The second-order valence-corrected chi connectivity index (χ2v) is 9.37. The van der Waals surface area contributed by atoms with Crippen molar-refractivity contribution in [1.82, 2.24) is 0 Å². The normalized spacial score (nSPS) is 11.5. The summed E-state index contributed by atoms with van der Waals surface area (Å²) in [5.74, 6) is -0.756. The van der Waals surface area contributed by atoms with Crippen LogP contribution in [0.3, 0.4) is 0 Å². The average molecular weight is 458 g/mol. The quantitative estimate of drug-likeness (QED) is 0.461. The SMILES string of the molecule is CCCC(=O)N(c1ccc2oc(C)c(C(=O)OCC)c2c1)S(=O)(=O)c1ccc(C)cc1C. The fraction of sp³-hybridized carbons (Fsp3) is 0.333. The lowest BCUT2D eigenvalue weighted by Crippen LogP contribution is -2.37. The van der Waals surface area contributed by atoms with Crippen LogP contribution in [-0.2, 0) is 19.6 Å².